The van der Waals surface area contributed by atoms with Crippen LogP contribution in [0.1, 0.15) is 450 Å². The van der Waals surface area contributed by atoms with Crippen molar-refractivity contribution < 1.29 is 19.8 Å². The van der Waals surface area contributed by atoms with Crippen molar-refractivity contribution in [1.82, 2.24) is 0 Å². The van der Waals surface area contributed by atoms with Crippen molar-refractivity contribution in [3.8, 4) is 0 Å². The lowest BCUT2D eigenvalue weighted by molar-refractivity contribution is -0.138. The lowest BCUT2D eigenvalue weighted by Gasteiger charge is -2.05. The number of hydrogen-bond donors (Lipinski definition) is 2. The summed E-state index contributed by atoms with van der Waals surface area (Å²) in [6.45, 7) is 4.60. The Morgan fingerprint density at radius 3 is 0.316 bits per heavy atom. The SMILES string of the molecule is CCCCCCCCCCCCCCCCCCCCCCCCCCCCCCCCCCCC(=O)O.CCCCCCCCCCCCCCCCCCCCCCCCCCCCCCCCCCCC(=O)O. The maximum Gasteiger partial charge on any atom is 0.303 e. The molecule has 0 unspecified atom stereocenters. The van der Waals surface area contributed by atoms with E-state index in [2.05, 4.69) is 13.8 Å². The first-order chi connectivity index (χ1) is 37.5. The Balaban J connectivity index is 0. The van der Waals surface area contributed by atoms with Crippen molar-refractivity contribution in [2.75, 3.05) is 0 Å². The molecule has 0 aliphatic rings. The summed E-state index contributed by atoms with van der Waals surface area (Å²) in [4.78, 5) is 20.9. The third kappa shape index (κ3) is 79.4. The van der Waals surface area contributed by atoms with Gasteiger partial charge in [0.1, 0.15) is 0 Å². The Kier molecular flexibility index (Phi) is 74.9. The topological polar surface area (TPSA) is 74.6 Å². The number of rotatable bonds is 68. The summed E-state index contributed by atoms with van der Waals surface area (Å²) in [5.74, 6) is -1.29. The summed E-state index contributed by atoms with van der Waals surface area (Å²) in [5, 5.41) is 17.3. The van der Waals surface area contributed by atoms with Crippen LogP contribution < -0.4 is 0 Å². The fraction of sp³-hybridized carbons (Fsp3) is 0.972. The second-order valence-corrected chi connectivity index (χ2v) is 24.9. The molecule has 0 aromatic carbocycles. The van der Waals surface area contributed by atoms with Crippen LogP contribution in [0.25, 0.3) is 0 Å². The molecule has 0 radical (unpaired) electrons. The van der Waals surface area contributed by atoms with Crippen LogP contribution in [-0.2, 0) is 9.59 Å². The smallest absolute Gasteiger partial charge is 0.303 e. The van der Waals surface area contributed by atoms with E-state index in [1.54, 1.807) is 0 Å². The summed E-state index contributed by atoms with van der Waals surface area (Å²) in [6, 6.07) is 0. The Labute approximate surface area is 480 Å². The Morgan fingerprint density at radius 1 is 0.158 bits per heavy atom. The van der Waals surface area contributed by atoms with E-state index in [-0.39, 0.29) is 0 Å². The summed E-state index contributed by atoms with van der Waals surface area (Å²) in [5.41, 5.74) is 0. The molecule has 0 aliphatic carbocycles. The highest BCUT2D eigenvalue weighted by Gasteiger charge is 2.02. The maximum atomic E-state index is 10.5. The predicted molar refractivity (Wildman–Crippen MR) is 341 cm³/mol. The molecule has 0 spiro atoms. The molecule has 4 heteroatoms. The molecule has 0 aromatic heterocycles. The van der Waals surface area contributed by atoms with Gasteiger partial charge in [0.2, 0.25) is 0 Å². The van der Waals surface area contributed by atoms with Gasteiger partial charge in [-0.1, -0.05) is 425 Å². The van der Waals surface area contributed by atoms with Gasteiger partial charge >= 0.3 is 11.9 Å². The molecule has 0 saturated carbocycles. The number of carbonyl (C=O) groups is 2. The van der Waals surface area contributed by atoms with Crippen molar-refractivity contribution in [3.05, 3.63) is 0 Å². The van der Waals surface area contributed by atoms with E-state index in [0.29, 0.717) is 12.8 Å². The molecule has 0 bridgehead atoms. The zero-order valence-corrected chi connectivity index (χ0v) is 52.8. The van der Waals surface area contributed by atoms with E-state index in [4.69, 9.17) is 10.2 Å². The molecule has 456 valence electrons. The largest absolute Gasteiger partial charge is 0.481 e. The van der Waals surface area contributed by atoms with Gasteiger partial charge in [0.15, 0.2) is 0 Å². The normalized spacial score (nSPS) is 11.4. The summed E-state index contributed by atoms with van der Waals surface area (Å²) in [7, 11) is 0. The minimum absolute atomic E-state index is 0.347. The van der Waals surface area contributed by atoms with Crippen molar-refractivity contribution in [2.24, 2.45) is 0 Å². The molecular formula is C72H144O4. The van der Waals surface area contributed by atoms with Gasteiger partial charge in [0, 0.05) is 12.8 Å². The Bertz CT molecular complexity index is 946. The molecule has 0 heterocycles. The van der Waals surface area contributed by atoms with Gasteiger partial charge in [0.25, 0.3) is 0 Å². The van der Waals surface area contributed by atoms with E-state index >= 15 is 0 Å². The molecule has 0 aliphatic heterocycles. The molecular weight excluding hydrogens is 929 g/mol. The first-order valence-electron chi connectivity index (χ1n) is 36.0. The number of aliphatic carboxylic acids is 2. The van der Waals surface area contributed by atoms with E-state index in [0.717, 1.165) is 25.7 Å². The molecule has 2 N–H and O–H groups in total. The monoisotopic (exact) mass is 1070 g/mol. The van der Waals surface area contributed by atoms with Crippen LogP contribution in [-0.4, -0.2) is 22.2 Å². The molecule has 0 atom stereocenters. The standard InChI is InChI=1S/2C36H72O2/c2*1-2-3-4-5-6-7-8-9-10-11-12-13-14-15-16-17-18-19-20-21-22-23-24-25-26-27-28-29-30-31-32-33-34-35-36(37)38/h2*2-35H2,1H3,(H,37,38). The van der Waals surface area contributed by atoms with Crippen LogP contribution in [0.5, 0.6) is 0 Å². The van der Waals surface area contributed by atoms with E-state index in [1.165, 1.54) is 398 Å². The molecule has 0 amide bonds. The Morgan fingerprint density at radius 2 is 0.237 bits per heavy atom. The van der Waals surface area contributed by atoms with Crippen LogP contribution in [0.15, 0.2) is 0 Å². The highest BCUT2D eigenvalue weighted by Crippen LogP contribution is 2.20. The van der Waals surface area contributed by atoms with Gasteiger partial charge in [0.05, 0.1) is 0 Å². The van der Waals surface area contributed by atoms with Crippen LogP contribution in [0.3, 0.4) is 0 Å². The molecule has 0 fully saturated rings. The Hall–Kier alpha value is -1.06. The second-order valence-electron chi connectivity index (χ2n) is 24.9. The van der Waals surface area contributed by atoms with Gasteiger partial charge in [-0.25, -0.2) is 0 Å². The average molecular weight is 1070 g/mol. The molecule has 76 heavy (non-hydrogen) atoms. The quantitative estimate of drug-likeness (QED) is 0.0595. The second kappa shape index (κ2) is 73.9. The minimum atomic E-state index is -0.647. The zero-order chi connectivity index (χ0) is 55.2. The third-order valence-corrected chi connectivity index (χ3v) is 17.0. The number of hydrogen-bond acceptors (Lipinski definition) is 2. The van der Waals surface area contributed by atoms with Gasteiger partial charge in [-0.2, -0.15) is 0 Å². The summed E-state index contributed by atoms with van der Waals surface area (Å²) >= 11 is 0. The van der Waals surface area contributed by atoms with Crippen LogP contribution >= 0.6 is 0 Å². The van der Waals surface area contributed by atoms with Gasteiger partial charge < -0.3 is 10.2 Å². The molecule has 4 nitrogen and oxygen atoms in total. The van der Waals surface area contributed by atoms with Gasteiger partial charge in [-0.05, 0) is 12.8 Å². The van der Waals surface area contributed by atoms with Crippen LogP contribution in [0.2, 0.25) is 0 Å². The maximum absolute atomic E-state index is 10.5. The minimum Gasteiger partial charge on any atom is -0.481 e. The molecule has 0 rings (SSSR count). The number of unbranched alkanes of at least 4 members (excludes halogenated alkanes) is 64. The number of carboxylic acids is 2. The van der Waals surface area contributed by atoms with Crippen LogP contribution in [0.4, 0.5) is 0 Å². The highest BCUT2D eigenvalue weighted by molar-refractivity contribution is 5.66. The molecule has 0 saturated heterocycles. The lowest BCUT2D eigenvalue weighted by Crippen LogP contribution is -1.93. The third-order valence-electron chi connectivity index (χ3n) is 17.0. The van der Waals surface area contributed by atoms with Gasteiger partial charge in [-0.3, -0.25) is 9.59 Å². The van der Waals surface area contributed by atoms with Crippen molar-refractivity contribution in [3.63, 3.8) is 0 Å². The predicted octanol–water partition coefficient (Wildman–Crippen LogP) is 26.7. The summed E-state index contributed by atoms with van der Waals surface area (Å²) in [6.07, 6.45) is 93.8. The molecule has 0 aromatic rings. The first-order valence-corrected chi connectivity index (χ1v) is 36.0. The first kappa shape index (κ1) is 77.0. The highest BCUT2D eigenvalue weighted by atomic mass is 16.4. The fourth-order valence-corrected chi connectivity index (χ4v) is 11.7. The fourth-order valence-electron chi connectivity index (χ4n) is 11.7. The van der Waals surface area contributed by atoms with E-state index in [1.807, 2.05) is 0 Å². The van der Waals surface area contributed by atoms with Crippen LogP contribution in [0, 0.1) is 0 Å². The van der Waals surface area contributed by atoms with Crippen molar-refractivity contribution >= 4 is 11.9 Å². The average Bonchev–Trinajstić information content (AvgIpc) is 3.41. The van der Waals surface area contributed by atoms with Crippen molar-refractivity contribution in [1.29, 1.82) is 0 Å². The summed E-state index contributed by atoms with van der Waals surface area (Å²) < 4.78 is 0. The number of carboxylic acid groups (broad SMARTS) is 2. The van der Waals surface area contributed by atoms with Gasteiger partial charge in [-0.15, -0.1) is 0 Å². The zero-order valence-electron chi connectivity index (χ0n) is 52.8. The lowest BCUT2D eigenvalue weighted by atomic mass is 10.0. The van der Waals surface area contributed by atoms with E-state index in [9.17, 15) is 9.59 Å². The van der Waals surface area contributed by atoms with Crippen molar-refractivity contribution in [2.45, 2.75) is 450 Å². The van der Waals surface area contributed by atoms with E-state index < -0.39 is 11.9 Å².